The molecule has 86 valence electrons. The first-order valence-electron chi connectivity index (χ1n) is 6.44. The van der Waals surface area contributed by atoms with Gasteiger partial charge >= 0.3 is 0 Å². The van der Waals surface area contributed by atoms with E-state index in [2.05, 4.69) is 0 Å². The summed E-state index contributed by atoms with van der Waals surface area (Å²) in [6.45, 7) is 2.83. The molecule has 1 saturated carbocycles. The van der Waals surface area contributed by atoms with Gasteiger partial charge in [-0.1, -0.05) is 25.7 Å². The predicted molar refractivity (Wildman–Crippen MR) is 59.7 cm³/mol. The van der Waals surface area contributed by atoms with Gasteiger partial charge in [0.2, 0.25) is 0 Å². The van der Waals surface area contributed by atoms with Crippen molar-refractivity contribution in [2.45, 2.75) is 58.0 Å². The largest absolute Gasteiger partial charge is 0.378 e. The fourth-order valence-corrected chi connectivity index (χ4v) is 2.97. The van der Waals surface area contributed by atoms with Crippen LogP contribution >= 0.6 is 0 Å². The van der Waals surface area contributed by atoms with Crippen molar-refractivity contribution >= 4 is 5.78 Å². The minimum absolute atomic E-state index is 0.167. The van der Waals surface area contributed by atoms with Crippen LogP contribution in [0.15, 0.2) is 0 Å². The molecule has 0 spiro atoms. The molecule has 0 amide bonds. The monoisotopic (exact) mass is 210 g/mol. The quantitative estimate of drug-likeness (QED) is 0.655. The van der Waals surface area contributed by atoms with E-state index >= 15 is 0 Å². The topological polar surface area (TPSA) is 26.3 Å². The molecule has 1 saturated heterocycles. The van der Waals surface area contributed by atoms with Gasteiger partial charge in [-0.15, -0.1) is 0 Å². The third-order valence-electron chi connectivity index (χ3n) is 4.00. The van der Waals surface area contributed by atoms with E-state index in [1.807, 2.05) is 6.92 Å². The Morgan fingerprint density at radius 2 is 1.73 bits per heavy atom. The van der Waals surface area contributed by atoms with Crippen LogP contribution in [0.3, 0.4) is 0 Å². The van der Waals surface area contributed by atoms with Gasteiger partial charge in [-0.2, -0.15) is 0 Å². The van der Waals surface area contributed by atoms with Crippen molar-refractivity contribution < 1.29 is 9.53 Å². The van der Waals surface area contributed by atoms with E-state index in [9.17, 15) is 4.79 Å². The molecule has 0 bridgehead atoms. The fraction of sp³-hybridized carbons (Fsp3) is 0.923. The highest BCUT2D eigenvalue weighted by molar-refractivity contribution is 5.84. The third-order valence-corrected chi connectivity index (χ3v) is 4.00. The zero-order valence-corrected chi connectivity index (χ0v) is 9.71. The zero-order chi connectivity index (χ0) is 10.7. The highest BCUT2D eigenvalue weighted by Gasteiger charge is 2.34. The highest BCUT2D eigenvalue weighted by Crippen LogP contribution is 2.30. The summed E-state index contributed by atoms with van der Waals surface area (Å²) in [5.74, 6) is 1.05. The molecular formula is C13H22O2. The molecule has 0 aromatic carbocycles. The summed E-state index contributed by atoms with van der Waals surface area (Å²) in [7, 11) is 0. The second kappa shape index (κ2) is 5.11. The van der Waals surface area contributed by atoms with Crippen molar-refractivity contribution in [1.29, 1.82) is 0 Å². The number of ketones is 1. The minimum Gasteiger partial charge on any atom is -0.378 e. The molecular weight excluding hydrogens is 188 g/mol. The van der Waals surface area contributed by atoms with Gasteiger partial charge in [0.1, 0.15) is 5.78 Å². The van der Waals surface area contributed by atoms with Crippen LogP contribution in [-0.2, 0) is 9.53 Å². The molecule has 15 heavy (non-hydrogen) atoms. The van der Waals surface area contributed by atoms with E-state index < -0.39 is 0 Å². The van der Waals surface area contributed by atoms with Gasteiger partial charge in [-0.25, -0.2) is 0 Å². The zero-order valence-electron chi connectivity index (χ0n) is 9.71. The van der Waals surface area contributed by atoms with Crippen LogP contribution < -0.4 is 0 Å². The van der Waals surface area contributed by atoms with Crippen LogP contribution in [0.4, 0.5) is 0 Å². The summed E-state index contributed by atoms with van der Waals surface area (Å²) >= 11 is 0. The van der Waals surface area contributed by atoms with Crippen molar-refractivity contribution in [2.75, 3.05) is 6.61 Å². The van der Waals surface area contributed by atoms with Crippen LogP contribution in [0.1, 0.15) is 51.9 Å². The van der Waals surface area contributed by atoms with Crippen LogP contribution in [0.5, 0.6) is 0 Å². The average Bonchev–Trinajstić information content (AvgIpc) is 2.53. The molecule has 2 nitrogen and oxygen atoms in total. The maximum atomic E-state index is 12.3. The number of hydrogen-bond donors (Lipinski definition) is 0. The number of hydrogen-bond acceptors (Lipinski definition) is 2. The van der Waals surface area contributed by atoms with Gasteiger partial charge in [0.05, 0.1) is 6.10 Å². The first kappa shape index (κ1) is 11.1. The molecule has 2 fully saturated rings. The van der Waals surface area contributed by atoms with Crippen molar-refractivity contribution in [3.8, 4) is 0 Å². The number of Topliss-reactive ketones (excluding diaryl/α,β-unsaturated/α-hetero) is 1. The lowest BCUT2D eigenvalue weighted by Crippen LogP contribution is -2.28. The summed E-state index contributed by atoms with van der Waals surface area (Å²) in [4.78, 5) is 12.3. The fourth-order valence-electron chi connectivity index (χ4n) is 2.97. The maximum absolute atomic E-state index is 12.3. The lowest BCUT2D eigenvalue weighted by molar-refractivity contribution is -0.128. The van der Waals surface area contributed by atoms with Gasteiger partial charge in [0.25, 0.3) is 0 Å². The van der Waals surface area contributed by atoms with Crippen molar-refractivity contribution in [2.24, 2.45) is 11.8 Å². The van der Waals surface area contributed by atoms with Crippen LogP contribution in [-0.4, -0.2) is 18.5 Å². The molecule has 2 rings (SSSR count). The normalized spacial score (nSPS) is 33.9. The Morgan fingerprint density at radius 3 is 2.27 bits per heavy atom. The lowest BCUT2D eigenvalue weighted by atomic mass is 9.84. The second-order valence-corrected chi connectivity index (χ2v) is 5.06. The summed E-state index contributed by atoms with van der Waals surface area (Å²) in [5.41, 5.74) is 0. The Morgan fingerprint density at radius 1 is 1.07 bits per heavy atom. The van der Waals surface area contributed by atoms with Crippen LogP contribution in [0, 0.1) is 11.8 Å². The molecule has 2 aliphatic rings. The highest BCUT2D eigenvalue weighted by atomic mass is 16.5. The predicted octanol–water partition coefficient (Wildman–Crippen LogP) is 2.95. The molecule has 0 aromatic heterocycles. The molecule has 1 aliphatic carbocycles. The van der Waals surface area contributed by atoms with Gasteiger partial charge in [0, 0.05) is 18.4 Å². The number of carbonyl (C=O) groups is 1. The van der Waals surface area contributed by atoms with Crippen molar-refractivity contribution in [1.82, 2.24) is 0 Å². The van der Waals surface area contributed by atoms with E-state index in [-0.39, 0.29) is 12.0 Å². The maximum Gasteiger partial charge on any atom is 0.141 e. The minimum atomic E-state index is 0.167. The van der Waals surface area contributed by atoms with Gasteiger partial charge in [-0.3, -0.25) is 4.79 Å². The van der Waals surface area contributed by atoms with Gasteiger partial charge < -0.3 is 4.74 Å². The molecule has 2 atom stereocenters. The number of rotatable bonds is 2. The van der Waals surface area contributed by atoms with Gasteiger partial charge in [-0.05, 0) is 26.2 Å². The summed E-state index contributed by atoms with van der Waals surface area (Å²) in [6.07, 6.45) is 8.51. The Bertz CT molecular complexity index is 217. The summed E-state index contributed by atoms with van der Waals surface area (Å²) < 4.78 is 5.49. The molecule has 0 N–H and O–H groups in total. The van der Waals surface area contributed by atoms with Crippen molar-refractivity contribution in [3.63, 3.8) is 0 Å². The Labute approximate surface area is 92.4 Å². The van der Waals surface area contributed by atoms with Crippen LogP contribution in [0.2, 0.25) is 0 Å². The summed E-state index contributed by atoms with van der Waals surface area (Å²) in [5, 5.41) is 0. The lowest BCUT2D eigenvalue weighted by Gasteiger charge is -2.19. The number of carbonyl (C=O) groups excluding carboxylic acids is 1. The molecule has 2 heteroatoms. The standard InChI is InChI=1S/C13H22O2/c1-10-12(8-9-15-10)13(14)11-6-4-2-3-5-7-11/h10-12H,2-9H2,1H3. The SMILES string of the molecule is CC1OCCC1C(=O)C1CCCCCC1. The third kappa shape index (κ3) is 2.60. The summed E-state index contributed by atoms with van der Waals surface area (Å²) in [6, 6.07) is 0. The molecule has 1 aliphatic heterocycles. The van der Waals surface area contributed by atoms with E-state index in [0.29, 0.717) is 11.7 Å². The Hall–Kier alpha value is -0.370. The first-order chi connectivity index (χ1) is 7.29. The molecule has 0 radical (unpaired) electrons. The second-order valence-electron chi connectivity index (χ2n) is 5.06. The first-order valence-corrected chi connectivity index (χ1v) is 6.44. The smallest absolute Gasteiger partial charge is 0.141 e. The van der Waals surface area contributed by atoms with E-state index in [4.69, 9.17) is 4.74 Å². The average molecular weight is 210 g/mol. The molecule has 0 aromatic rings. The number of ether oxygens (including phenoxy) is 1. The van der Waals surface area contributed by atoms with E-state index in [1.165, 1.54) is 25.7 Å². The molecule has 2 unspecified atom stereocenters. The van der Waals surface area contributed by atoms with E-state index in [1.54, 1.807) is 0 Å². The Kier molecular flexibility index (Phi) is 3.79. The Balaban J connectivity index is 1.93. The van der Waals surface area contributed by atoms with Crippen molar-refractivity contribution in [3.05, 3.63) is 0 Å². The van der Waals surface area contributed by atoms with Crippen LogP contribution in [0.25, 0.3) is 0 Å². The molecule has 1 heterocycles. The van der Waals surface area contributed by atoms with Gasteiger partial charge in [0.15, 0.2) is 0 Å². The van der Waals surface area contributed by atoms with E-state index in [0.717, 1.165) is 25.9 Å².